The van der Waals surface area contributed by atoms with Gasteiger partial charge >= 0.3 is 5.97 Å². The minimum atomic E-state index is -0.549. The predicted molar refractivity (Wildman–Crippen MR) is 66.0 cm³/mol. The second-order valence-electron chi connectivity index (χ2n) is 3.97. The lowest BCUT2D eigenvalue weighted by Gasteiger charge is -2.13. The number of aromatic amines is 1. The van der Waals surface area contributed by atoms with Crippen LogP contribution >= 0.6 is 0 Å². The van der Waals surface area contributed by atoms with Gasteiger partial charge in [-0.2, -0.15) is 5.10 Å². The molecule has 1 N–H and O–H groups in total. The number of rotatable bonds is 4. The van der Waals surface area contributed by atoms with Crippen molar-refractivity contribution in [2.75, 3.05) is 6.61 Å². The van der Waals surface area contributed by atoms with Gasteiger partial charge in [0.05, 0.1) is 6.61 Å². The van der Waals surface area contributed by atoms with Gasteiger partial charge in [0, 0.05) is 0 Å². The van der Waals surface area contributed by atoms with Gasteiger partial charge in [0.1, 0.15) is 18.1 Å². The molecule has 0 amide bonds. The van der Waals surface area contributed by atoms with Crippen molar-refractivity contribution in [3.63, 3.8) is 0 Å². The van der Waals surface area contributed by atoms with Crippen LogP contribution in [0.3, 0.4) is 0 Å². The zero-order valence-electron chi connectivity index (χ0n) is 10.4. The molecular weight excluding hydrogens is 230 g/mol. The molecule has 18 heavy (non-hydrogen) atoms. The van der Waals surface area contributed by atoms with Gasteiger partial charge in [0.15, 0.2) is 0 Å². The monoisotopic (exact) mass is 245 g/mol. The molecule has 2 rings (SSSR count). The summed E-state index contributed by atoms with van der Waals surface area (Å²) in [4.78, 5) is 16.1. The van der Waals surface area contributed by atoms with Crippen LogP contribution in [0.25, 0.3) is 0 Å². The minimum Gasteiger partial charge on any atom is -0.465 e. The molecule has 0 spiro atoms. The van der Waals surface area contributed by atoms with E-state index >= 15 is 0 Å². The zero-order valence-corrected chi connectivity index (χ0v) is 10.4. The van der Waals surface area contributed by atoms with Crippen LogP contribution in [0.1, 0.15) is 29.8 Å². The molecular formula is C13H15N3O2. The summed E-state index contributed by atoms with van der Waals surface area (Å²) in [7, 11) is 0. The molecule has 0 aliphatic rings. The first kappa shape index (κ1) is 12.3. The Hall–Kier alpha value is -2.17. The van der Waals surface area contributed by atoms with Crippen molar-refractivity contribution in [2.45, 2.75) is 19.8 Å². The molecule has 1 heterocycles. The van der Waals surface area contributed by atoms with Gasteiger partial charge < -0.3 is 4.74 Å². The van der Waals surface area contributed by atoms with Crippen molar-refractivity contribution in [1.29, 1.82) is 0 Å². The third kappa shape index (κ3) is 2.56. The SMILES string of the molecule is CCOC(=O)C(c1cccc(C)c1)c1ncn[nH]1. The molecule has 0 aliphatic heterocycles. The van der Waals surface area contributed by atoms with E-state index in [1.165, 1.54) is 6.33 Å². The standard InChI is InChI=1S/C13H15N3O2/c1-3-18-13(17)11(12-14-8-15-16-12)10-6-4-5-9(2)7-10/h4-8,11H,3H2,1-2H3,(H,14,15,16). The smallest absolute Gasteiger partial charge is 0.321 e. The maximum atomic E-state index is 12.0. The Balaban J connectivity index is 2.39. The molecule has 0 fully saturated rings. The van der Waals surface area contributed by atoms with Gasteiger partial charge in [-0.25, -0.2) is 4.98 Å². The van der Waals surface area contributed by atoms with Crippen LogP contribution in [0.2, 0.25) is 0 Å². The van der Waals surface area contributed by atoms with Crippen molar-refractivity contribution >= 4 is 5.97 Å². The number of aromatic nitrogens is 3. The molecule has 2 aromatic rings. The maximum Gasteiger partial charge on any atom is 0.321 e. The summed E-state index contributed by atoms with van der Waals surface area (Å²) in [5, 5.41) is 6.52. The first-order valence-corrected chi connectivity index (χ1v) is 5.81. The zero-order chi connectivity index (χ0) is 13.0. The highest BCUT2D eigenvalue weighted by atomic mass is 16.5. The van der Waals surface area contributed by atoms with Gasteiger partial charge in [-0.3, -0.25) is 9.89 Å². The molecule has 5 nitrogen and oxygen atoms in total. The lowest BCUT2D eigenvalue weighted by atomic mass is 9.97. The highest BCUT2D eigenvalue weighted by Crippen LogP contribution is 2.23. The summed E-state index contributed by atoms with van der Waals surface area (Å²) in [6.45, 7) is 4.10. The molecule has 1 atom stereocenters. The second-order valence-corrected chi connectivity index (χ2v) is 3.97. The average molecular weight is 245 g/mol. The van der Waals surface area contributed by atoms with Crippen LogP contribution in [0, 0.1) is 6.92 Å². The molecule has 0 bridgehead atoms. The fraction of sp³-hybridized carbons (Fsp3) is 0.308. The molecule has 1 unspecified atom stereocenters. The van der Waals surface area contributed by atoms with E-state index in [9.17, 15) is 4.79 Å². The molecule has 0 saturated carbocycles. The number of benzene rings is 1. The predicted octanol–water partition coefficient (Wildman–Crippen LogP) is 1.81. The molecule has 0 aliphatic carbocycles. The summed E-state index contributed by atoms with van der Waals surface area (Å²) in [6, 6.07) is 7.72. The van der Waals surface area contributed by atoms with Crippen molar-refractivity contribution < 1.29 is 9.53 Å². The van der Waals surface area contributed by atoms with Crippen LogP contribution in [0.15, 0.2) is 30.6 Å². The summed E-state index contributed by atoms with van der Waals surface area (Å²) in [5.41, 5.74) is 1.94. The highest BCUT2D eigenvalue weighted by Gasteiger charge is 2.26. The van der Waals surface area contributed by atoms with E-state index in [4.69, 9.17) is 4.74 Å². The first-order valence-electron chi connectivity index (χ1n) is 5.81. The number of nitrogens with zero attached hydrogens (tertiary/aromatic N) is 2. The first-order chi connectivity index (χ1) is 8.72. The van der Waals surface area contributed by atoms with E-state index in [-0.39, 0.29) is 5.97 Å². The number of carbonyl (C=O) groups is 1. The Bertz CT molecular complexity index is 523. The number of esters is 1. The largest absolute Gasteiger partial charge is 0.465 e. The maximum absolute atomic E-state index is 12.0. The van der Waals surface area contributed by atoms with E-state index in [1.807, 2.05) is 31.2 Å². The summed E-state index contributed by atoms with van der Waals surface area (Å²) in [5.74, 6) is -0.369. The highest BCUT2D eigenvalue weighted by molar-refractivity contribution is 5.81. The van der Waals surface area contributed by atoms with Crippen molar-refractivity contribution in [1.82, 2.24) is 15.2 Å². The molecule has 0 radical (unpaired) electrons. The van der Waals surface area contributed by atoms with Gasteiger partial charge in [0.25, 0.3) is 0 Å². The molecule has 1 aromatic heterocycles. The lowest BCUT2D eigenvalue weighted by Crippen LogP contribution is -2.18. The van der Waals surface area contributed by atoms with E-state index < -0.39 is 5.92 Å². The van der Waals surface area contributed by atoms with Crippen LogP contribution in [0.5, 0.6) is 0 Å². The quantitative estimate of drug-likeness (QED) is 0.834. The third-order valence-electron chi connectivity index (χ3n) is 2.60. The number of aryl methyl sites for hydroxylation is 1. The Labute approximate surface area is 105 Å². The molecule has 5 heteroatoms. The van der Waals surface area contributed by atoms with Crippen LogP contribution in [0.4, 0.5) is 0 Å². The second kappa shape index (κ2) is 5.44. The number of hydrogen-bond acceptors (Lipinski definition) is 4. The average Bonchev–Trinajstić information content (AvgIpc) is 2.83. The van der Waals surface area contributed by atoms with E-state index in [0.717, 1.165) is 11.1 Å². The minimum absolute atomic E-state index is 0.320. The summed E-state index contributed by atoms with van der Waals surface area (Å²) >= 11 is 0. The molecule has 0 saturated heterocycles. The summed E-state index contributed by atoms with van der Waals surface area (Å²) in [6.07, 6.45) is 1.39. The lowest BCUT2D eigenvalue weighted by molar-refractivity contribution is -0.144. The van der Waals surface area contributed by atoms with Crippen LogP contribution < -0.4 is 0 Å². The van der Waals surface area contributed by atoms with Gasteiger partial charge in [-0.05, 0) is 19.4 Å². The normalized spacial score (nSPS) is 12.1. The van der Waals surface area contributed by atoms with Crippen molar-refractivity contribution in [3.05, 3.63) is 47.5 Å². The van der Waals surface area contributed by atoms with E-state index in [0.29, 0.717) is 12.4 Å². The number of nitrogens with one attached hydrogen (secondary N) is 1. The molecule has 94 valence electrons. The van der Waals surface area contributed by atoms with Crippen molar-refractivity contribution in [3.8, 4) is 0 Å². The van der Waals surface area contributed by atoms with Crippen molar-refractivity contribution in [2.24, 2.45) is 0 Å². The van der Waals surface area contributed by atoms with Gasteiger partial charge in [0.2, 0.25) is 0 Å². The number of carbonyl (C=O) groups excluding carboxylic acids is 1. The number of H-pyrrole nitrogens is 1. The fourth-order valence-corrected chi connectivity index (χ4v) is 1.83. The Morgan fingerprint density at radius 3 is 2.94 bits per heavy atom. The van der Waals surface area contributed by atoms with Crippen LogP contribution in [-0.2, 0) is 9.53 Å². The third-order valence-corrected chi connectivity index (χ3v) is 2.60. The number of hydrogen-bond donors (Lipinski definition) is 1. The topological polar surface area (TPSA) is 67.9 Å². The summed E-state index contributed by atoms with van der Waals surface area (Å²) < 4.78 is 5.10. The van der Waals surface area contributed by atoms with Gasteiger partial charge in [-0.15, -0.1) is 0 Å². The Morgan fingerprint density at radius 2 is 2.33 bits per heavy atom. The van der Waals surface area contributed by atoms with Crippen LogP contribution in [-0.4, -0.2) is 27.8 Å². The fourth-order valence-electron chi connectivity index (χ4n) is 1.83. The Morgan fingerprint density at radius 1 is 1.50 bits per heavy atom. The van der Waals surface area contributed by atoms with E-state index in [1.54, 1.807) is 6.92 Å². The van der Waals surface area contributed by atoms with E-state index in [2.05, 4.69) is 15.2 Å². The molecule has 1 aromatic carbocycles. The Kier molecular flexibility index (Phi) is 3.72. The van der Waals surface area contributed by atoms with Gasteiger partial charge in [-0.1, -0.05) is 29.8 Å². The number of ether oxygens (including phenoxy) is 1.